The van der Waals surface area contributed by atoms with Gasteiger partial charge in [-0.05, 0) is 24.3 Å². The smallest absolute Gasteiger partial charge is 0.208 e. The topological polar surface area (TPSA) is 58.0 Å². The summed E-state index contributed by atoms with van der Waals surface area (Å²) in [5.41, 5.74) is 0. The van der Waals surface area contributed by atoms with Gasteiger partial charge in [-0.1, -0.05) is 48.0 Å². The van der Waals surface area contributed by atoms with Gasteiger partial charge in [-0.3, -0.25) is 0 Å². The molecule has 3 aromatic rings. The van der Waals surface area contributed by atoms with E-state index in [-0.39, 0.29) is 0 Å². The lowest BCUT2D eigenvalue weighted by Gasteiger charge is -2.33. The molecule has 0 atom stereocenters. The van der Waals surface area contributed by atoms with Gasteiger partial charge in [-0.2, -0.15) is 0 Å². The lowest BCUT2D eigenvalue weighted by atomic mass is 9.90. The zero-order valence-corrected chi connectivity index (χ0v) is 17.5. The van der Waals surface area contributed by atoms with Crippen LogP contribution in [0.2, 0.25) is 0 Å². The molecule has 2 aliphatic rings. The third kappa shape index (κ3) is 3.72. The van der Waals surface area contributed by atoms with Crippen molar-refractivity contribution in [2.75, 3.05) is 36.0 Å². The molecule has 1 saturated heterocycles. The van der Waals surface area contributed by atoms with Crippen molar-refractivity contribution in [2.24, 2.45) is 0 Å². The number of anilines is 2. The molecule has 4 heterocycles. The van der Waals surface area contributed by atoms with Gasteiger partial charge in [0.2, 0.25) is 10.3 Å². The van der Waals surface area contributed by atoms with E-state index in [1.54, 1.807) is 34.0 Å². The summed E-state index contributed by atoms with van der Waals surface area (Å²) in [5.74, 6) is 0.642. The van der Waals surface area contributed by atoms with Crippen LogP contribution in [0.1, 0.15) is 43.0 Å². The van der Waals surface area contributed by atoms with Gasteiger partial charge < -0.3 is 9.80 Å². The molecule has 9 heteroatoms. The molecule has 3 aromatic heterocycles. The van der Waals surface area contributed by atoms with Gasteiger partial charge >= 0.3 is 0 Å². The molecule has 0 unspecified atom stereocenters. The standard InChI is InChI=1S/C18H22N6S3/c1-2-5-13(6-3-1)15-19-21-17(26-15)23-8-10-24(11-9-23)18-22-20-16(27-18)14-7-4-12-25-14/h4,7,12-13H,1-3,5-6,8-11H2. The first kappa shape index (κ1) is 17.5. The Balaban J connectivity index is 1.21. The Morgan fingerprint density at radius 3 is 2.22 bits per heavy atom. The predicted molar refractivity (Wildman–Crippen MR) is 113 cm³/mol. The number of hydrogen-bond donors (Lipinski definition) is 0. The number of thiophene rings is 1. The maximum Gasteiger partial charge on any atom is 0.208 e. The van der Waals surface area contributed by atoms with Crippen molar-refractivity contribution in [1.82, 2.24) is 20.4 Å². The third-order valence-electron chi connectivity index (χ3n) is 5.35. The third-order valence-corrected chi connectivity index (χ3v) is 8.52. The Bertz CT molecular complexity index is 859. The molecule has 27 heavy (non-hydrogen) atoms. The van der Waals surface area contributed by atoms with Gasteiger partial charge in [-0.15, -0.1) is 31.7 Å². The maximum absolute atomic E-state index is 4.52. The lowest BCUT2D eigenvalue weighted by Crippen LogP contribution is -2.46. The molecule has 0 radical (unpaired) electrons. The summed E-state index contributed by atoms with van der Waals surface area (Å²) in [5, 5.41) is 24.3. The van der Waals surface area contributed by atoms with Crippen molar-refractivity contribution >= 4 is 44.3 Å². The number of aromatic nitrogens is 4. The molecule has 1 aliphatic carbocycles. The van der Waals surface area contributed by atoms with E-state index in [1.165, 1.54) is 42.0 Å². The fourth-order valence-electron chi connectivity index (χ4n) is 3.80. The molecule has 2 fully saturated rings. The largest absolute Gasteiger partial charge is 0.343 e. The number of hydrogen-bond acceptors (Lipinski definition) is 9. The van der Waals surface area contributed by atoms with Crippen LogP contribution in [0.3, 0.4) is 0 Å². The molecule has 0 bridgehead atoms. The average Bonchev–Trinajstić information content (AvgIpc) is 3.50. The van der Waals surface area contributed by atoms with Crippen LogP contribution in [0.25, 0.3) is 9.88 Å². The molecular weight excluding hydrogens is 396 g/mol. The van der Waals surface area contributed by atoms with Gasteiger partial charge in [0.15, 0.2) is 5.01 Å². The van der Waals surface area contributed by atoms with Crippen LogP contribution in [0.15, 0.2) is 17.5 Å². The summed E-state index contributed by atoms with van der Waals surface area (Å²) in [6, 6.07) is 4.16. The van der Waals surface area contributed by atoms with E-state index in [2.05, 4.69) is 47.7 Å². The van der Waals surface area contributed by atoms with E-state index < -0.39 is 0 Å². The van der Waals surface area contributed by atoms with Crippen molar-refractivity contribution in [3.63, 3.8) is 0 Å². The van der Waals surface area contributed by atoms with Crippen LogP contribution in [0.4, 0.5) is 10.3 Å². The van der Waals surface area contributed by atoms with E-state index in [0.29, 0.717) is 5.92 Å². The maximum atomic E-state index is 4.52. The Morgan fingerprint density at radius 1 is 0.815 bits per heavy atom. The Hall–Kier alpha value is -1.58. The summed E-state index contributed by atoms with van der Waals surface area (Å²) in [4.78, 5) is 5.91. The average molecular weight is 419 g/mol. The summed E-state index contributed by atoms with van der Waals surface area (Å²) < 4.78 is 0. The molecule has 5 rings (SSSR count). The Labute approximate surface area is 170 Å². The lowest BCUT2D eigenvalue weighted by molar-refractivity contribution is 0.440. The van der Waals surface area contributed by atoms with Gasteiger partial charge in [-0.25, -0.2) is 0 Å². The number of piperazine rings is 1. The molecule has 0 spiro atoms. The molecule has 0 N–H and O–H groups in total. The second-order valence-corrected chi connectivity index (χ2v) is 9.99. The first-order valence-electron chi connectivity index (χ1n) is 9.57. The monoisotopic (exact) mass is 418 g/mol. The first-order valence-corrected chi connectivity index (χ1v) is 12.1. The molecule has 0 aromatic carbocycles. The van der Waals surface area contributed by atoms with Crippen molar-refractivity contribution in [3.8, 4) is 9.88 Å². The zero-order chi connectivity index (χ0) is 18.1. The van der Waals surface area contributed by atoms with Crippen LogP contribution >= 0.6 is 34.0 Å². The zero-order valence-electron chi connectivity index (χ0n) is 15.1. The van der Waals surface area contributed by atoms with Crippen LogP contribution in [-0.2, 0) is 0 Å². The van der Waals surface area contributed by atoms with Crippen molar-refractivity contribution < 1.29 is 0 Å². The van der Waals surface area contributed by atoms with Crippen LogP contribution in [-0.4, -0.2) is 46.6 Å². The SMILES string of the molecule is c1csc(-c2nnc(N3CCN(c4nnc(C5CCCCC5)s4)CC3)s2)c1. The van der Waals surface area contributed by atoms with Crippen LogP contribution in [0, 0.1) is 0 Å². The second kappa shape index (κ2) is 7.81. The minimum atomic E-state index is 0.642. The second-order valence-electron chi connectivity index (χ2n) is 7.10. The summed E-state index contributed by atoms with van der Waals surface area (Å²) in [6.07, 6.45) is 6.63. The molecule has 1 aliphatic heterocycles. The number of rotatable bonds is 4. The Morgan fingerprint density at radius 2 is 1.52 bits per heavy atom. The first-order chi connectivity index (χ1) is 13.4. The highest BCUT2D eigenvalue weighted by atomic mass is 32.1. The van der Waals surface area contributed by atoms with Gasteiger partial charge in [0.1, 0.15) is 5.01 Å². The van der Waals surface area contributed by atoms with Crippen LogP contribution in [0.5, 0.6) is 0 Å². The van der Waals surface area contributed by atoms with Crippen molar-refractivity contribution in [2.45, 2.75) is 38.0 Å². The molecule has 0 amide bonds. The van der Waals surface area contributed by atoms with E-state index in [4.69, 9.17) is 0 Å². The van der Waals surface area contributed by atoms with Gasteiger partial charge in [0.05, 0.1) is 4.88 Å². The Kier molecular flexibility index (Phi) is 5.06. The van der Waals surface area contributed by atoms with Crippen molar-refractivity contribution in [3.05, 3.63) is 22.5 Å². The van der Waals surface area contributed by atoms with E-state index in [1.807, 2.05) is 0 Å². The number of nitrogens with zero attached hydrogens (tertiary/aromatic N) is 6. The highest BCUT2D eigenvalue weighted by Gasteiger charge is 2.25. The molecule has 6 nitrogen and oxygen atoms in total. The molecule has 142 valence electrons. The van der Waals surface area contributed by atoms with E-state index in [9.17, 15) is 0 Å². The van der Waals surface area contributed by atoms with Crippen molar-refractivity contribution in [1.29, 1.82) is 0 Å². The van der Waals surface area contributed by atoms with Gasteiger partial charge in [0.25, 0.3) is 0 Å². The highest BCUT2D eigenvalue weighted by molar-refractivity contribution is 7.23. The van der Waals surface area contributed by atoms with E-state index in [0.717, 1.165) is 41.4 Å². The quantitative estimate of drug-likeness (QED) is 0.622. The highest BCUT2D eigenvalue weighted by Crippen LogP contribution is 2.36. The minimum absolute atomic E-state index is 0.642. The fourth-order valence-corrected chi connectivity index (χ4v) is 6.55. The summed E-state index contributed by atoms with van der Waals surface area (Å²) in [6.45, 7) is 3.84. The molecule has 1 saturated carbocycles. The molecular formula is C18H22N6S3. The van der Waals surface area contributed by atoms with Gasteiger partial charge in [0, 0.05) is 32.1 Å². The fraction of sp³-hybridized carbons (Fsp3) is 0.556. The normalized spacial score (nSPS) is 19.0. The summed E-state index contributed by atoms with van der Waals surface area (Å²) in [7, 11) is 0. The van der Waals surface area contributed by atoms with E-state index >= 15 is 0 Å². The minimum Gasteiger partial charge on any atom is -0.343 e. The predicted octanol–water partition coefficient (Wildman–Crippen LogP) is 4.49. The summed E-state index contributed by atoms with van der Waals surface area (Å²) >= 11 is 5.21. The van der Waals surface area contributed by atoms with Crippen LogP contribution < -0.4 is 9.80 Å².